The van der Waals surface area contributed by atoms with Crippen LogP contribution in [0.2, 0.25) is 0 Å². The zero-order valence-corrected chi connectivity index (χ0v) is 11.8. The Morgan fingerprint density at radius 3 is 2.58 bits per heavy atom. The molecule has 7 heteroatoms. The number of anilines is 1. The predicted molar refractivity (Wildman–Crippen MR) is 73.7 cm³/mol. The molecule has 0 unspecified atom stereocenters. The summed E-state index contributed by atoms with van der Waals surface area (Å²) in [6, 6.07) is 6.86. The van der Waals surface area contributed by atoms with Gasteiger partial charge in [-0.25, -0.2) is 8.42 Å². The van der Waals surface area contributed by atoms with Crippen LogP contribution in [-0.4, -0.2) is 51.4 Å². The summed E-state index contributed by atoms with van der Waals surface area (Å²) in [7, 11) is -1.55. The van der Waals surface area contributed by atoms with Crippen LogP contribution in [0.25, 0.3) is 0 Å². The fourth-order valence-electron chi connectivity index (χ4n) is 1.29. The zero-order chi connectivity index (χ0) is 14.5. The molecule has 6 nitrogen and oxygen atoms in total. The molecular weight excluding hydrogens is 268 g/mol. The molecule has 0 bridgehead atoms. The van der Waals surface area contributed by atoms with Crippen molar-refractivity contribution < 1.29 is 17.9 Å². The third kappa shape index (κ3) is 5.60. The van der Waals surface area contributed by atoms with E-state index in [0.29, 0.717) is 11.4 Å². The second-order valence-electron chi connectivity index (χ2n) is 4.27. The highest BCUT2D eigenvalue weighted by Crippen LogP contribution is 2.19. The van der Waals surface area contributed by atoms with Gasteiger partial charge in [0, 0.05) is 19.8 Å². The van der Waals surface area contributed by atoms with Crippen LogP contribution < -0.4 is 10.5 Å². The number of benzene rings is 1. The molecule has 0 aliphatic rings. The Balaban J connectivity index is 2.45. The van der Waals surface area contributed by atoms with Gasteiger partial charge in [-0.05, 0) is 12.1 Å². The highest BCUT2D eigenvalue weighted by molar-refractivity contribution is 7.90. The van der Waals surface area contributed by atoms with Crippen molar-refractivity contribution in [3.63, 3.8) is 0 Å². The number of sulfone groups is 1. The number of likely N-dealkylation sites (N-methyl/N-ethyl adjacent to an activating group) is 1. The number of nitrogens with two attached hydrogens (primary N) is 1. The Morgan fingerprint density at radius 2 is 2.00 bits per heavy atom. The van der Waals surface area contributed by atoms with Gasteiger partial charge in [-0.2, -0.15) is 0 Å². The van der Waals surface area contributed by atoms with Crippen LogP contribution >= 0.6 is 0 Å². The fraction of sp³-hybridized carbons (Fsp3) is 0.417. The normalized spacial score (nSPS) is 11.1. The quantitative estimate of drug-likeness (QED) is 0.752. The van der Waals surface area contributed by atoms with Crippen LogP contribution in [-0.2, 0) is 14.6 Å². The van der Waals surface area contributed by atoms with Crippen molar-refractivity contribution in [3.05, 3.63) is 24.3 Å². The molecule has 0 radical (unpaired) electrons. The Kier molecular flexibility index (Phi) is 5.17. The van der Waals surface area contributed by atoms with Crippen LogP contribution in [0, 0.1) is 0 Å². The van der Waals surface area contributed by atoms with E-state index in [0.717, 1.165) is 6.26 Å². The van der Waals surface area contributed by atoms with Gasteiger partial charge in [0.05, 0.1) is 11.4 Å². The van der Waals surface area contributed by atoms with Gasteiger partial charge in [0.2, 0.25) is 0 Å². The molecule has 1 amide bonds. The van der Waals surface area contributed by atoms with Gasteiger partial charge in [-0.1, -0.05) is 12.1 Å². The van der Waals surface area contributed by atoms with Crippen molar-refractivity contribution in [1.29, 1.82) is 0 Å². The van der Waals surface area contributed by atoms with Crippen LogP contribution in [0.3, 0.4) is 0 Å². The number of nitrogen functional groups attached to an aromatic ring is 1. The summed E-state index contributed by atoms with van der Waals surface area (Å²) in [6.45, 7) is -0.0280. The zero-order valence-electron chi connectivity index (χ0n) is 11.0. The van der Waals surface area contributed by atoms with E-state index in [1.54, 1.807) is 24.3 Å². The van der Waals surface area contributed by atoms with Crippen molar-refractivity contribution in [2.24, 2.45) is 0 Å². The fourth-order valence-corrected chi connectivity index (χ4v) is 1.89. The SMILES string of the molecule is CN(CCS(C)(=O)=O)C(=O)COc1ccccc1N. The van der Waals surface area contributed by atoms with Crippen molar-refractivity contribution in [3.8, 4) is 5.75 Å². The van der Waals surface area contributed by atoms with E-state index in [1.807, 2.05) is 0 Å². The van der Waals surface area contributed by atoms with Gasteiger partial charge in [-0.3, -0.25) is 4.79 Å². The number of rotatable bonds is 6. The highest BCUT2D eigenvalue weighted by Gasteiger charge is 2.12. The molecule has 19 heavy (non-hydrogen) atoms. The molecule has 106 valence electrons. The van der Waals surface area contributed by atoms with E-state index in [-0.39, 0.29) is 24.8 Å². The molecule has 0 spiro atoms. The lowest BCUT2D eigenvalue weighted by molar-refractivity contribution is -0.131. The molecule has 0 aliphatic carbocycles. The summed E-state index contributed by atoms with van der Waals surface area (Å²) >= 11 is 0. The standard InChI is InChI=1S/C12H18N2O4S/c1-14(7-8-19(2,16)17)12(15)9-18-11-6-4-3-5-10(11)13/h3-6H,7-9,13H2,1-2H3. The lowest BCUT2D eigenvalue weighted by Gasteiger charge is -2.17. The minimum absolute atomic E-state index is 0.0668. The monoisotopic (exact) mass is 286 g/mol. The molecule has 1 aromatic rings. The molecule has 0 aliphatic heterocycles. The number of carbonyl (C=O) groups excluding carboxylic acids is 1. The number of hydrogen-bond donors (Lipinski definition) is 1. The van der Waals surface area contributed by atoms with Crippen molar-refractivity contribution in [1.82, 2.24) is 4.90 Å². The topological polar surface area (TPSA) is 89.7 Å². The van der Waals surface area contributed by atoms with Gasteiger partial charge in [0.15, 0.2) is 6.61 Å². The minimum Gasteiger partial charge on any atom is -0.482 e. The summed E-state index contributed by atoms with van der Waals surface area (Å²) in [5.41, 5.74) is 6.12. The maximum absolute atomic E-state index is 11.7. The van der Waals surface area contributed by atoms with Crippen LogP contribution in [0.15, 0.2) is 24.3 Å². The number of hydrogen-bond acceptors (Lipinski definition) is 5. The average molecular weight is 286 g/mol. The first-order chi connectivity index (χ1) is 8.79. The van der Waals surface area contributed by atoms with E-state index in [4.69, 9.17) is 10.5 Å². The Bertz CT molecular complexity index is 542. The highest BCUT2D eigenvalue weighted by atomic mass is 32.2. The Labute approximate surface area is 113 Å². The van der Waals surface area contributed by atoms with E-state index in [1.165, 1.54) is 11.9 Å². The summed E-state index contributed by atoms with van der Waals surface area (Å²) in [6.07, 6.45) is 1.13. The Morgan fingerprint density at radius 1 is 1.37 bits per heavy atom. The number of nitrogens with zero attached hydrogens (tertiary/aromatic N) is 1. The number of ether oxygens (including phenoxy) is 1. The smallest absolute Gasteiger partial charge is 0.260 e. The third-order valence-corrected chi connectivity index (χ3v) is 3.42. The van der Waals surface area contributed by atoms with Gasteiger partial charge in [-0.15, -0.1) is 0 Å². The summed E-state index contributed by atoms with van der Waals surface area (Å²) < 4.78 is 27.3. The summed E-state index contributed by atoms with van der Waals surface area (Å²) in [5, 5.41) is 0. The maximum Gasteiger partial charge on any atom is 0.260 e. The van der Waals surface area contributed by atoms with Crippen LogP contribution in [0.1, 0.15) is 0 Å². The molecular formula is C12H18N2O4S. The largest absolute Gasteiger partial charge is 0.482 e. The molecule has 0 saturated carbocycles. The van der Waals surface area contributed by atoms with E-state index in [9.17, 15) is 13.2 Å². The third-order valence-electron chi connectivity index (χ3n) is 2.49. The number of para-hydroxylation sites is 2. The molecule has 0 fully saturated rings. The summed E-state index contributed by atoms with van der Waals surface area (Å²) in [4.78, 5) is 13.0. The van der Waals surface area contributed by atoms with Gasteiger partial charge in [0.25, 0.3) is 5.91 Å². The second kappa shape index (κ2) is 6.42. The van der Waals surface area contributed by atoms with Gasteiger partial charge >= 0.3 is 0 Å². The summed E-state index contributed by atoms with van der Waals surface area (Å²) in [5.74, 6) is 0.0715. The minimum atomic E-state index is -3.08. The molecule has 1 rings (SSSR count). The molecule has 0 saturated heterocycles. The van der Waals surface area contributed by atoms with Gasteiger partial charge < -0.3 is 15.4 Å². The van der Waals surface area contributed by atoms with E-state index in [2.05, 4.69) is 0 Å². The maximum atomic E-state index is 11.7. The molecule has 2 N–H and O–H groups in total. The van der Waals surface area contributed by atoms with Crippen molar-refractivity contribution in [2.45, 2.75) is 0 Å². The van der Waals surface area contributed by atoms with Crippen LogP contribution in [0.5, 0.6) is 5.75 Å². The van der Waals surface area contributed by atoms with Crippen molar-refractivity contribution >= 4 is 21.4 Å². The lowest BCUT2D eigenvalue weighted by atomic mass is 10.3. The molecule has 0 heterocycles. The van der Waals surface area contributed by atoms with E-state index >= 15 is 0 Å². The number of carbonyl (C=O) groups is 1. The predicted octanol–water partition coefficient (Wildman–Crippen LogP) is 0.151. The first-order valence-electron chi connectivity index (χ1n) is 5.68. The van der Waals surface area contributed by atoms with Gasteiger partial charge in [0.1, 0.15) is 15.6 Å². The van der Waals surface area contributed by atoms with Crippen molar-refractivity contribution in [2.75, 3.05) is 37.9 Å². The average Bonchev–Trinajstić information content (AvgIpc) is 2.33. The number of amides is 1. The molecule has 0 aromatic heterocycles. The first kappa shape index (κ1) is 15.3. The molecule has 1 aromatic carbocycles. The first-order valence-corrected chi connectivity index (χ1v) is 7.74. The lowest BCUT2D eigenvalue weighted by Crippen LogP contribution is -2.34. The second-order valence-corrected chi connectivity index (χ2v) is 6.53. The molecule has 0 atom stereocenters. The van der Waals surface area contributed by atoms with Crippen LogP contribution in [0.4, 0.5) is 5.69 Å². The Hall–Kier alpha value is -1.76. The van der Waals surface area contributed by atoms with E-state index < -0.39 is 9.84 Å².